The summed E-state index contributed by atoms with van der Waals surface area (Å²) in [6.07, 6.45) is 2.16. The first-order valence-electron chi connectivity index (χ1n) is 9.83. The van der Waals surface area contributed by atoms with Crippen molar-refractivity contribution < 1.29 is 9.90 Å². The van der Waals surface area contributed by atoms with E-state index in [2.05, 4.69) is 22.5 Å². The molecule has 4 rings (SSSR count). The summed E-state index contributed by atoms with van der Waals surface area (Å²) in [4.78, 5) is 27.5. The SMILES string of the molecule is CCC1CC1Nc1cc(=O)n(C)c2ccc(Nc3cc(C(=O)O)nc(Cl)c3C#N)cc12. The van der Waals surface area contributed by atoms with E-state index in [4.69, 9.17) is 11.6 Å². The molecule has 31 heavy (non-hydrogen) atoms. The zero-order chi connectivity index (χ0) is 22.3. The molecule has 0 amide bonds. The van der Waals surface area contributed by atoms with Gasteiger partial charge >= 0.3 is 5.97 Å². The maximum Gasteiger partial charge on any atom is 0.354 e. The van der Waals surface area contributed by atoms with Gasteiger partial charge in [0.05, 0.1) is 11.2 Å². The van der Waals surface area contributed by atoms with Gasteiger partial charge < -0.3 is 20.3 Å². The Bertz CT molecular complexity index is 1310. The number of pyridine rings is 2. The van der Waals surface area contributed by atoms with Crippen LogP contribution in [0.5, 0.6) is 0 Å². The molecule has 0 saturated heterocycles. The lowest BCUT2D eigenvalue weighted by molar-refractivity contribution is 0.0690. The normalized spacial score (nSPS) is 17.2. The number of carboxylic acid groups (broad SMARTS) is 1. The summed E-state index contributed by atoms with van der Waals surface area (Å²) in [5.74, 6) is -0.642. The summed E-state index contributed by atoms with van der Waals surface area (Å²) < 4.78 is 1.57. The molecule has 9 heteroatoms. The first-order valence-corrected chi connectivity index (χ1v) is 10.2. The van der Waals surface area contributed by atoms with Gasteiger partial charge in [0.2, 0.25) is 0 Å². The number of nitrogens with one attached hydrogen (secondary N) is 2. The third-order valence-corrected chi connectivity index (χ3v) is 5.89. The Hall–Kier alpha value is -3.57. The lowest BCUT2D eigenvalue weighted by atomic mass is 10.1. The first kappa shape index (κ1) is 20.7. The van der Waals surface area contributed by atoms with E-state index in [1.165, 1.54) is 6.07 Å². The summed E-state index contributed by atoms with van der Waals surface area (Å²) in [5, 5.41) is 25.9. The number of nitriles is 1. The molecule has 3 N–H and O–H groups in total. The van der Waals surface area contributed by atoms with Crippen LogP contribution in [-0.2, 0) is 7.05 Å². The Balaban J connectivity index is 1.78. The van der Waals surface area contributed by atoms with Gasteiger partial charge in [0.25, 0.3) is 5.56 Å². The zero-order valence-electron chi connectivity index (χ0n) is 16.9. The van der Waals surface area contributed by atoms with Crippen LogP contribution in [-0.4, -0.2) is 26.7 Å². The Morgan fingerprint density at radius 3 is 2.77 bits per heavy atom. The predicted molar refractivity (Wildman–Crippen MR) is 119 cm³/mol. The number of aromatic nitrogens is 2. The maximum atomic E-state index is 12.4. The number of aromatic carboxylic acids is 1. The van der Waals surface area contributed by atoms with Crippen molar-refractivity contribution in [1.82, 2.24) is 9.55 Å². The number of halogens is 1. The molecular weight excluding hydrogens is 418 g/mol. The minimum atomic E-state index is -1.25. The number of rotatable bonds is 6. The number of hydrogen-bond donors (Lipinski definition) is 3. The van der Waals surface area contributed by atoms with Gasteiger partial charge in [0.15, 0.2) is 5.69 Å². The average Bonchev–Trinajstić information content (AvgIpc) is 3.49. The summed E-state index contributed by atoms with van der Waals surface area (Å²) in [6.45, 7) is 2.15. The van der Waals surface area contributed by atoms with Crippen molar-refractivity contribution in [3.05, 3.63) is 57.1 Å². The molecule has 1 aliphatic carbocycles. The van der Waals surface area contributed by atoms with Crippen LogP contribution in [0.1, 0.15) is 35.8 Å². The van der Waals surface area contributed by atoms with Crippen LogP contribution < -0.4 is 16.2 Å². The zero-order valence-corrected chi connectivity index (χ0v) is 17.7. The fourth-order valence-electron chi connectivity index (χ4n) is 3.72. The quantitative estimate of drug-likeness (QED) is 0.496. The summed E-state index contributed by atoms with van der Waals surface area (Å²) in [6, 6.07) is 10.6. The third-order valence-electron chi connectivity index (χ3n) is 5.62. The number of hydrogen-bond acceptors (Lipinski definition) is 6. The van der Waals surface area contributed by atoms with Crippen LogP contribution in [0.3, 0.4) is 0 Å². The van der Waals surface area contributed by atoms with E-state index in [0.29, 0.717) is 17.6 Å². The van der Waals surface area contributed by atoms with Crippen LogP contribution in [0, 0.1) is 17.2 Å². The Labute approximate surface area is 183 Å². The minimum absolute atomic E-state index is 0.0503. The molecule has 0 radical (unpaired) electrons. The molecule has 2 aromatic heterocycles. The molecule has 0 spiro atoms. The molecule has 0 aliphatic heterocycles. The van der Waals surface area contributed by atoms with E-state index in [1.54, 1.807) is 29.8 Å². The molecule has 1 fully saturated rings. The van der Waals surface area contributed by atoms with Gasteiger partial charge in [-0.05, 0) is 36.6 Å². The molecule has 2 heterocycles. The van der Waals surface area contributed by atoms with E-state index >= 15 is 0 Å². The van der Waals surface area contributed by atoms with Crippen LogP contribution in [0.2, 0.25) is 5.15 Å². The smallest absolute Gasteiger partial charge is 0.354 e. The van der Waals surface area contributed by atoms with E-state index in [1.807, 2.05) is 12.1 Å². The molecule has 1 aromatic carbocycles. The van der Waals surface area contributed by atoms with E-state index in [0.717, 1.165) is 29.4 Å². The molecule has 2 atom stereocenters. The van der Waals surface area contributed by atoms with Gasteiger partial charge in [-0.15, -0.1) is 0 Å². The van der Waals surface area contributed by atoms with E-state index in [-0.39, 0.29) is 27.7 Å². The van der Waals surface area contributed by atoms with Gasteiger partial charge in [-0.3, -0.25) is 4.79 Å². The van der Waals surface area contributed by atoms with Gasteiger partial charge in [0.1, 0.15) is 16.8 Å². The molecule has 158 valence electrons. The highest BCUT2D eigenvalue weighted by atomic mass is 35.5. The average molecular weight is 438 g/mol. The molecular formula is C22H20ClN5O3. The molecule has 0 bridgehead atoms. The van der Waals surface area contributed by atoms with Crippen molar-refractivity contribution in [3.63, 3.8) is 0 Å². The topological polar surface area (TPSA) is 120 Å². The molecule has 1 aliphatic rings. The lowest BCUT2D eigenvalue weighted by Crippen LogP contribution is -2.18. The van der Waals surface area contributed by atoms with E-state index < -0.39 is 5.97 Å². The summed E-state index contributed by atoms with van der Waals surface area (Å²) in [5.41, 5.74) is 2.05. The largest absolute Gasteiger partial charge is 0.477 e. The number of anilines is 3. The van der Waals surface area contributed by atoms with Gasteiger partial charge in [0, 0.05) is 35.9 Å². The van der Waals surface area contributed by atoms with Gasteiger partial charge in [-0.2, -0.15) is 5.26 Å². The van der Waals surface area contributed by atoms with Crippen LogP contribution in [0.4, 0.5) is 17.1 Å². The second-order valence-corrected chi connectivity index (χ2v) is 7.96. The van der Waals surface area contributed by atoms with Crippen molar-refractivity contribution in [2.45, 2.75) is 25.8 Å². The fraction of sp³-hybridized carbons (Fsp3) is 0.273. The number of fused-ring (bicyclic) bond motifs is 1. The lowest BCUT2D eigenvalue weighted by Gasteiger charge is -2.15. The molecule has 8 nitrogen and oxygen atoms in total. The summed E-state index contributed by atoms with van der Waals surface area (Å²) >= 11 is 6.01. The minimum Gasteiger partial charge on any atom is -0.477 e. The number of nitrogens with zero attached hydrogens (tertiary/aromatic N) is 3. The Kier molecular flexibility index (Phi) is 5.29. The van der Waals surface area contributed by atoms with Crippen molar-refractivity contribution in [2.75, 3.05) is 10.6 Å². The highest BCUT2D eigenvalue weighted by Gasteiger charge is 2.35. The Morgan fingerprint density at radius 1 is 1.35 bits per heavy atom. The van der Waals surface area contributed by atoms with Gasteiger partial charge in [-0.1, -0.05) is 24.9 Å². The van der Waals surface area contributed by atoms with Crippen molar-refractivity contribution >= 4 is 45.5 Å². The highest BCUT2D eigenvalue weighted by Crippen LogP contribution is 2.38. The number of aryl methyl sites for hydroxylation is 1. The highest BCUT2D eigenvalue weighted by molar-refractivity contribution is 6.31. The van der Waals surface area contributed by atoms with E-state index in [9.17, 15) is 20.0 Å². The number of benzene rings is 1. The third kappa shape index (κ3) is 3.92. The number of carbonyl (C=O) groups is 1. The van der Waals surface area contributed by atoms with Crippen LogP contribution in [0.15, 0.2) is 35.1 Å². The monoisotopic (exact) mass is 437 g/mol. The van der Waals surface area contributed by atoms with Crippen molar-refractivity contribution in [1.29, 1.82) is 5.26 Å². The first-order chi connectivity index (χ1) is 14.8. The fourth-order valence-corrected chi connectivity index (χ4v) is 3.95. The van der Waals surface area contributed by atoms with Crippen molar-refractivity contribution in [2.24, 2.45) is 13.0 Å². The summed E-state index contributed by atoms with van der Waals surface area (Å²) in [7, 11) is 1.71. The van der Waals surface area contributed by atoms with Gasteiger partial charge in [-0.25, -0.2) is 9.78 Å². The van der Waals surface area contributed by atoms with Crippen LogP contribution in [0.25, 0.3) is 10.9 Å². The maximum absolute atomic E-state index is 12.4. The molecule has 3 aromatic rings. The second kappa shape index (κ2) is 7.93. The molecule has 1 saturated carbocycles. The van der Waals surface area contributed by atoms with Crippen molar-refractivity contribution in [3.8, 4) is 6.07 Å². The van der Waals surface area contributed by atoms with Crippen LogP contribution >= 0.6 is 11.6 Å². The number of carboxylic acids is 1. The molecule has 2 unspecified atom stereocenters. The Morgan fingerprint density at radius 2 is 2.13 bits per heavy atom. The predicted octanol–water partition coefficient (Wildman–Crippen LogP) is 4.11. The standard InChI is InChI=1S/C22H20ClN5O3/c1-3-11-6-15(11)26-17-9-20(29)28(2)19-5-4-12(7-13(17)19)25-16-8-18(22(30)31)27-21(23)14(16)10-24/h4-5,7-9,11,15,26H,3,6H2,1-2H3,(H,25,27)(H,30,31). The second-order valence-electron chi connectivity index (χ2n) is 7.60.